The van der Waals surface area contributed by atoms with E-state index < -0.39 is 0 Å². The standard InChI is InChI=1S/C15H20BrNO2/c1-17(12-4-6-13(18)7-5-12)10-11-3-8-15(19-2)14(16)9-11/h3,8-9,12H,4-7,10H2,1-2H3. The molecule has 0 spiro atoms. The zero-order valence-electron chi connectivity index (χ0n) is 11.5. The molecule has 0 atom stereocenters. The van der Waals surface area contributed by atoms with Crippen LogP contribution in [0.1, 0.15) is 31.2 Å². The van der Waals surface area contributed by atoms with Crippen LogP contribution in [0.4, 0.5) is 0 Å². The van der Waals surface area contributed by atoms with Crippen LogP contribution in [0.5, 0.6) is 5.75 Å². The summed E-state index contributed by atoms with van der Waals surface area (Å²) in [4.78, 5) is 13.6. The quantitative estimate of drug-likeness (QED) is 0.849. The van der Waals surface area contributed by atoms with Crippen LogP contribution in [0.2, 0.25) is 0 Å². The van der Waals surface area contributed by atoms with Crippen molar-refractivity contribution in [3.05, 3.63) is 28.2 Å². The van der Waals surface area contributed by atoms with Crippen molar-refractivity contribution in [1.29, 1.82) is 0 Å². The van der Waals surface area contributed by atoms with E-state index in [9.17, 15) is 4.79 Å². The van der Waals surface area contributed by atoms with Crippen LogP contribution in [0.15, 0.2) is 22.7 Å². The first kappa shape index (κ1) is 14.5. The number of methoxy groups -OCH3 is 1. The van der Waals surface area contributed by atoms with E-state index in [1.807, 2.05) is 6.07 Å². The van der Waals surface area contributed by atoms with E-state index in [1.165, 1.54) is 5.56 Å². The Morgan fingerprint density at radius 2 is 2.05 bits per heavy atom. The number of rotatable bonds is 4. The molecular weight excluding hydrogens is 306 g/mol. The highest BCUT2D eigenvalue weighted by Crippen LogP contribution is 2.27. The van der Waals surface area contributed by atoms with E-state index in [-0.39, 0.29) is 0 Å². The second kappa shape index (κ2) is 6.53. The molecule has 0 N–H and O–H groups in total. The average molecular weight is 326 g/mol. The summed E-state index contributed by atoms with van der Waals surface area (Å²) in [6.07, 6.45) is 3.46. The van der Waals surface area contributed by atoms with Crippen molar-refractivity contribution in [3.63, 3.8) is 0 Å². The van der Waals surface area contributed by atoms with Gasteiger partial charge in [0.15, 0.2) is 0 Å². The van der Waals surface area contributed by atoms with Crippen molar-refractivity contribution in [3.8, 4) is 5.75 Å². The summed E-state index contributed by atoms with van der Waals surface area (Å²) in [6.45, 7) is 0.904. The fraction of sp³-hybridized carbons (Fsp3) is 0.533. The Kier molecular flexibility index (Phi) is 4.99. The summed E-state index contributed by atoms with van der Waals surface area (Å²) in [7, 11) is 3.81. The van der Waals surface area contributed by atoms with Crippen LogP contribution in [-0.4, -0.2) is 30.9 Å². The predicted molar refractivity (Wildman–Crippen MR) is 79.4 cm³/mol. The fourth-order valence-corrected chi connectivity index (χ4v) is 3.18. The largest absolute Gasteiger partial charge is 0.496 e. The van der Waals surface area contributed by atoms with Gasteiger partial charge in [0.1, 0.15) is 11.5 Å². The number of hydrogen-bond donors (Lipinski definition) is 0. The molecule has 2 rings (SSSR count). The zero-order valence-corrected chi connectivity index (χ0v) is 13.1. The van der Waals surface area contributed by atoms with Crippen LogP contribution in [0.3, 0.4) is 0 Å². The summed E-state index contributed by atoms with van der Waals surface area (Å²) in [5.74, 6) is 1.27. The molecule has 4 heteroatoms. The van der Waals surface area contributed by atoms with Crippen LogP contribution in [0.25, 0.3) is 0 Å². The topological polar surface area (TPSA) is 29.5 Å². The van der Waals surface area contributed by atoms with Gasteiger partial charge in [0.2, 0.25) is 0 Å². The molecule has 104 valence electrons. The third-order valence-corrected chi connectivity index (χ3v) is 4.40. The number of nitrogens with zero attached hydrogens (tertiary/aromatic N) is 1. The Morgan fingerprint density at radius 3 is 2.63 bits per heavy atom. The molecule has 0 amide bonds. The normalized spacial score (nSPS) is 16.9. The maximum absolute atomic E-state index is 11.3. The molecule has 1 aromatic carbocycles. The first-order chi connectivity index (χ1) is 9.10. The molecule has 1 saturated carbocycles. The monoisotopic (exact) mass is 325 g/mol. The van der Waals surface area contributed by atoms with E-state index >= 15 is 0 Å². The number of Topliss-reactive ketones (excluding diaryl/α,β-unsaturated/α-hetero) is 1. The maximum atomic E-state index is 11.3. The molecule has 0 unspecified atom stereocenters. The lowest BCUT2D eigenvalue weighted by Gasteiger charge is -2.30. The highest BCUT2D eigenvalue weighted by atomic mass is 79.9. The summed E-state index contributed by atoms with van der Waals surface area (Å²) in [6, 6.07) is 6.70. The molecule has 0 aliphatic heterocycles. The van der Waals surface area contributed by atoms with E-state index in [0.717, 1.165) is 42.5 Å². The Hall–Kier alpha value is -0.870. The van der Waals surface area contributed by atoms with Crippen molar-refractivity contribution in [2.45, 2.75) is 38.3 Å². The first-order valence-electron chi connectivity index (χ1n) is 6.64. The molecule has 0 heterocycles. The molecule has 0 bridgehead atoms. The SMILES string of the molecule is COc1ccc(CN(C)C2CCC(=O)CC2)cc1Br. The maximum Gasteiger partial charge on any atom is 0.133 e. The Balaban J connectivity index is 1.96. The summed E-state index contributed by atoms with van der Waals surface area (Å²) >= 11 is 3.51. The second-order valence-electron chi connectivity index (χ2n) is 5.15. The molecule has 1 aliphatic rings. The van der Waals surface area contributed by atoms with Crippen molar-refractivity contribution >= 4 is 21.7 Å². The van der Waals surface area contributed by atoms with Gasteiger partial charge in [-0.15, -0.1) is 0 Å². The Bertz CT molecular complexity index is 451. The molecule has 0 aromatic heterocycles. The number of ketones is 1. The molecule has 0 saturated heterocycles. The molecular formula is C15H20BrNO2. The Morgan fingerprint density at radius 1 is 1.37 bits per heavy atom. The number of carbonyl (C=O) groups is 1. The third-order valence-electron chi connectivity index (χ3n) is 3.78. The second-order valence-corrected chi connectivity index (χ2v) is 6.01. The summed E-state index contributed by atoms with van der Waals surface area (Å²) < 4.78 is 6.22. The van der Waals surface area contributed by atoms with E-state index in [2.05, 4.69) is 40.0 Å². The highest BCUT2D eigenvalue weighted by Gasteiger charge is 2.22. The molecule has 1 aromatic rings. The lowest BCUT2D eigenvalue weighted by Crippen LogP contribution is -2.34. The van der Waals surface area contributed by atoms with Crippen LogP contribution >= 0.6 is 15.9 Å². The number of hydrogen-bond acceptors (Lipinski definition) is 3. The van der Waals surface area contributed by atoms with Crippen molar-refractivity contribution in [1.82, 2.24) is 4.90 Å². The van der Waals surface area contributed by atoms with Crippen molar-refractivity contribution in [2.75, 3.05) is 14.2 Å². The first-order valence-corrected chi connectivity index (χ1v) is 7.44. The number of ether oxygens (including phenoxy) is 1. The fourth-order valence-electron chi connectivity index (χ4n) is 2.59. The van der Waals surface area contributed by atoms with E-state index in [0.29, 0.717) is 11.8 Å². The molecule has 1 fully saturated rings. The smallest absolute Gasteiger partial charge is 0.133 e. The summed E-state index contributed by atoms with van der Waals surface area (Å²) in [5.41, 5.74) is 1.26. The third kappa shape index (κ3) is 3.80. The van der Waals surface area contributed by atoms with Gasteiger partial charge < -0.3 is 4.74 Å². The molecule has 1 aliphatic carbocycles. The van der Waals surface area contributed by atoms with Gasteiger partial charge in [0.25, 0.3) is 0 Å². The Labute approximate surface area is 123 Å². The van der Waals surface area contributed by atoms with Gasteiger partial charge in [-0.25, -0.2) is 0 Å². The average Bonchev–Trinajstić information content (AvgIpc) is 2.39. The van der Waals surface area contributed by atoms with Crippen LogP contribution in [0, 0.1) is 0 Å². The van der Waals surface area contributed by atoms with Gasteiger partial charge in [-0.2, -0.15) is 0 Å². The van der Waals surface area contributed by atoms with Gasteiger partial charge in [-0.1, -0.05) is 6.07 Å². The summed E-state index contributed by atoms with van der Waals surface area (Å²) in [5, 5.41) is 0. The van der Waals surface area contributed by atoms with Gasteiger partial charge in [0, 0.05) is 25.4 Å². The molecule has 3 nitrogen and oxygen atoms in total. The lowest BCUT2D eigenvalue weighted by molar-refractivity contribution is -0.121. The minimum absolute atomic E-state index is 0.414. The molecule has 0 radical (unpaired) electrons. The van der Waals surface area contributed by atoms with E-state index in [1.54, 1.807) is 7.11 Å². The minimum atomic E-state index is 0.414. The van der Waals surface area contributed by atoms with Crippen molar-refractivity contribution < 1.29 is 9.53 Å². The highest BCUT2D eigenvalue weighted by molar-refractivity contribution is 9.10. The van der Waals surface area contributed by atoms with Crippen molar-refractivity contribution in [2.24, 2.45) is 0 Å². The molecule has 19 heavy (non-hydrogen) atoms. The predicted octanol–water partition coefficient (Wildman–Crippen LogP) is 3.40. The van der Waals surface area contributed by atoms with Gasteiger partial charge in [-0.3, -0.25) is 9.69 Å². The number of benzene rings is 1. The zero-order chi connectivity index (χ0) is 13.8. The number of halogens is 1. The van der Waals surface area contributed by atoms with Gasteiger partial charge >= 0.3 is 0 Å². The van der Waals surface area contributed by atoms with Gasteiger partial charge in [0.05, 0.1) is 11.6 Å². The van der Waals surface area contributed by atoms with Crippen LogP contribution in [-0.2, 0) is 11.3 Å². The van der Waals surface area contributed by atoms with E-state index in [4.69, 9.17) is 4.74 Å². The number of carbonyl (C=O) groups excluding carboxylic acids is 1. The van der Waals surface area contributed by atoms with Gasteiger partial charge in [-0.05, 0) is 53.5 Å². The minimum Gasteiger partial charge on any atom is -0.496 e. The lowest BCUT2D eigenvalue weighted by atomic mass is 9.93. The van der Waals surface area contributed by atoms with Crippen LogP contribution < -0.4 is 4.74 Å².